The van der Waals surface area contributed by atoms with Gasteiger partial charge in [0.25, 0.3) is 5.56 Å². The number of fused-ring (bicyclic) bond motifs is 1. The van der Waals surface area contributed by atoms with Gasteiger partial charge in [-0.3, -0.25) is 9.36 Å². The van der Waals surface area contributed by atoms with Crippen LogP contribution in [0.25, 0.3) is 23.1 Å². The molecule has 0 fully saturated rings. The van der Waals surface area contributed by atoms with Crippen molar-refractivity contribution in [3.05, 3.63) is 138 Å². The van der Waals surface area contributed by atoms with Gasteiger partial charge in [-0.15, -0.1) is 0 Å². The van der Waals surface area contributed by atoms with Crippen molar-refractivity contribution in [3.63, 3.8) is 0 Å². The molecule has 0 spiro atoms. The van der Waals surface area contributed by atoms with Crippen molar-refractivity contribution >= 4 is 46.6 Å². The number of aromatic nitrogens is 1. The Morgan fingerprint density at radius 1 is 1.04 bits per heavy atom. The molecule has 3 aromatic carbocycles. The van der Waals surface area contributed by atoms with Crippen LogP contribution in [0.2, 0.25) is 5.02 Å². The summed E-state index contributed by atoms with van der Waals surface area (Å²) in [6.07, 6.45) is 1.61. The van der Waals surface area contributed by atoms with Gasteiger partial charge in [-0.1, -0.05) is 71.5 Å². The number of thiazole rings is 1. The number of hydrogen-bond donors (Lipinski definition) is 1. The van der Waals surface area contributed by atoms with E-state index in [1.807, 2.05) is 42.5 Å². The zero-order chi connectivity index (χ0) is 31.7. The SMILES string of the molecule is CCOC(=O)C1=C(c2ccccc2)N=c2s/c(=C\c3ccc(-c4ccc(C(=O)O)c(Cl)c4)o3)c(=O)n2[C@@H]1c1ccc(OC)cc1. The number of aromatic carboxylic acids is 1. The van der Waals surface area contributed by atoms with Crippen molar-refractivity contribution < 1.29 is 28.6 Å². The molecule has 1 N–H and O–H groups in total. The molecule has 0 radical (unpaired) electrons. The zero-order valence-corrected chi connectivity index (χ0v) is 25.6. The highest BCUT2D eigenvalue weighted by atomic mass is 35.5. The van der Waals surface area contributed by atoms with Crippen molar-refractivity contribution in [1.29, 1.82) is 0 Å². The fourth-order valence-corrected chi connectivity index (χ4v) is 6.34. The molecule has 9 nitrogen and oxygen atoms in total. The molecule has 0 amide bonds. The summed E-state index contributed by atoms with van der Waals surface area (Å²) >= 11 is 7.33. The topological polar surface area (TPSA) is 120 Å². The Kier molecular flexibility index (Phi) is 8.25. The average molecular weight is 641 g/mol. The van der Waals surface area contributed by atoms with Gasteiger partial charge in [0.2, 0.25) is 0 Å². The van der Waals surface area contributed by atoms with E-state index in [0.29, 0.717) is 49.0 Å². The number of carboxylic acids is 1. The standard InChI is InChI=1S/C34H25ClN2O7S/c1-3-43-33(41)28-29(19-7-5-4-6-8-19)36-34-37(30(28)20-9-12-22(42-2)13-10-20)31(38)27(45-34)18-23-14-16-26(44-23)21-11-15-24(32(39)40)25(35)17-21/h4-18,30H,3H2,1-2H3,(H,39,40)/b27-18-/t30-/m1/s1. The average Bonchev–Trinajstić information content (AvgIpc) is 3.64. The first-order valence-electron chi connectivity index (χ1n) is 13.8. The van der Waals surface area contributed by atoms with Crippen LogP contribution in [0.1, 0.15) is 40.2 Å². The van der Waals surface area contributed by atoms with Crippen LogP contribution in [0.3, 0.4) is 0 Å². The van der Waals surface area contributed by atoms with Gasteiger partial charge < -0.3 is 19.0 Å². The summed E-state index contributed by atoms with van der Waals surface area (Å²) in [5.74, 6) is -0.235. The molecule has 0 unspecified atom stereocenters. The Bertz CT molecular complexity index is 2140. The summed E-state index contributed by atoms with van der Waals surface area (Å²) in [6.45, 7) is 1.87. The molecule has 226 valence electrons. The number of ether oxygens (including phenoxy) is 2. The molecule has 1 aliphatic rings. The third kappa shape index (κ3) is 5.73. The summed E-state index contributed by atoms with van der Waals surface area (Å²) in [4.78, 5) is 44.3. The minimum absolute atomic E-state index is 0.0169. The van der Waals surface area contributed by atoms with E-state index in [1.165, 1.54) is 28.0 Å². The lowest BCUT2D eigenvalue weighted by Crippen LogP contribution is -2.40. The quantitative estimate of drug-likeness (QED) is 0.221. The number of benzene rings is 3. The van der Waals surface area contributed by atoms with Crippen LogP contribution in [0.15, 0.2) is 105 Å². The van der Waals surface area contributed by atoms with Crippen LogP contribution >= 0.6 is 22.9 Å². The van der Waals surface area contributed by atoms with Gasteiger partial charge in [0, 0.05) is 17.2 Å². The van der Waals surface area contributed by atoms with Gasteiger partial charge >= 0.3 is 11.9 Å². The summed E-state index contributed by atoms with van der Waals surface area (Å²) in [6, 6.07) is 23.6. The maximum atomic E-state index is 14.1. The molecule has 0 saturated heterocycles. The van der Waals surface area contributed by atoms with E-state index >= 15 is 0 Å². The number of carboxylic acid groups (broad SMARTS) is 1. The van der Waals surface area contributed by atoms with Crippen LogP contribution in [0.5, 0.6) is 5.75 Å². The molecule has 1 atom stereocenters. The van der Waals surface area contributed by atoms with Gasteiger partial charge in [-0.25, -0.2) is 14.6 Å². The lowest BCUT2D eigenvalue weighted by Gasteiger charge is -2.26. The molecule has 11 heteroatoms. The normalized spacial score (nSPS) is 14.6. The number of carbonyl (C=O) groups excluding carboxylic acids is 1. The van der Waals surface area contributed by atoms with E-state index < -0.39 is 18.0 Å². The predicted molar refractivity (Wildman–Crippen MR) is 170 cm³/mol. The molecule has 5 aromatic rings. The van der Waals surface area contributed by atoms with Crippen LogP contribution < -0.4 is 19.6 Å². The second-order valence-corrected chi connectivity index (χ2v) is 11.3. The molecular weight excluding hydrogens is 616 g/mol. The Morgan fingerprint density at radius 3 is 2.47 bits per heavy atom. The molecule has 1 aliphatic heterocycles. The number of furan rings is 1. The van der Waals surface area contributed by atoms with Crippen LogP contribution in [-0.4, -0.2) is 35.3 Å². The summed E-state index contributed by atoms with van der Waals surface area (Å²) < 4.78 is 18.7. The van der Waals surface area contributed by atoms with E-state index in [-0.39, 0.29) is 28.3 Å². The molecule has 3 heterocycles. The summed E-state index contributed by atoms with van der Waals surface area (Å²) in [7, 11) is 1.56. The first kappa shape index (κ1) is 29.9. The third-order valence-corrected chi connectivity index (χ3v) is 8.49. The van der Waals surface area contributed by atoms with Crippen LogP contribution in [0.4, 0.5) is 0 Å². The van der Waals surface area contributed by atoms with E-state index in [1.54, 1.807) is 50.4 Å². The highest BCUT2D eigenvalue weighted by Crippen LogP contribution is 2.36. The Morgan fingerprint density at radius 2 is 1.80 bits per heavy atom. The van der Waals surface area contributed by atoms with Gasteiger partial charge in [0.05, 0.1) is 46.1 Å². The summed E-state index contributed by atoms with van der Waals surface area (Å²) in [5, 5.41) is 9.36. The van der Waals surface area contributed by atoms with Gasteiger partial charge in [-0.2, -0.15) is 0 Å². The first-order valence-corrected chi connectivity index (χ1v) is 15.0. The van der Waals surface area contributed by atoms with Crippen molar-refractivity contribution in [2.24, 2.45) is 4.99 Å². The molecule has 45 heavy (non-hydrogen) atoms. The highest BCUT2D eigenvalue weighted by Gasteiger charge is 2.35. The Labute approximate surface area is 265 Å². The second-order valence-electron chi connectivity index (χ2n) is 9.91. The van der Waals surface area contributed by atoms with Crippen LogP contribution in [-0.2, 0) is 9.53 Å². The lowest BCUT2D eigenvalue weighted by atomic mass is 9.93. The molecular formula is C34H25ClN2O7S. The highest BCUT2D eigenvalue weighted by molar-refractivity contribution is 7.07. The smallest absolute Gasteiger partial charge is 0.338 e. The number of hydrogen-bond acceptors (Lipinski definition) is 8. The predicted octanol–water partition coefficient (Wildman–Crippen LogP) is 5.56. The van der Waals surface area contributed by atoms with Crippen molar-refractivity contribution in [2.45, 2.75) is 13.0 Å². The molecule has 6 rings (SSSR count). The minimum atomic E-state index is -1.13. The number of carbonyl (C=O) groups is 2. The Hall–Kier alpha value is -5.19. The van der Waals surface area contributed by atoms with Crippen molar-refractivity contribution in [1.82, 2.24) is 4.57 Å². The fourth-order valence-electron chi connectivity index (χ4n) is 5.10. The minimum Gasteiger partial charge on any atom is -0.497 e. The van der Waals surface area contributed by atoms with Gasteiger partial charge in [0.1, 0.15) is 17.3 Å². The maximum Gasteiger partial charge on any atom is 0.338 e. The second kappa shape index (κ2) is 12.4. The number of esters is 1. The molecule has 0 bridgehead atoms. The van der Waals surface area contributed by atoms with E-state index in [0.717, 1.165) is 0 Å². The van der Waals surface area contributed by atoms with Crippen molar-refractivity contribution in [2.75, 3.05) is 13.7 Å². The molecule has 0 saturated carbocycles. The molecule has 2 aromatic heterocycles. The maximum absolute atomic E-state index is 14.1. The monoisotopic (exact) mass is 640 g/mol. The third-order valence-electron chi connectivity index (χ3n) is 7.19. The van der Waals surface area contributed by atoms with Crippen molar-refractivity contribution in [3.8, 4) is 17.1 Å². The number of nitrogens with zero attached hydrogens (tertiary/aromatic N) is 2. The number of methoxy groups -OCH3 is 1. The zero-order valence-electron chi connectivity index (χ0n) is 24.0. The Balaban J connectivity index is 1.52. The molecule has 0 aliphatic carbocycles. The number of rotatable bonds is 8. The lowest BCUT2D eigenvalue weighted by molar-refractivity contribution is -0.138. The number of halogens is 1. The fraction of sp³-hybridized carbons (Fsp3) is 0.118. The van der Waals surface area contributed by atoms with Gasteiger partial charge in [-0.05, 0) is 48.9 Å². The van der Waals surface area contributed by atoms with Crippen LogP contribution in [0, 0.1) is 0 Å². The largest absolute Gasteiger partial charge is 0.497 e. The van der Waals surface area contributed by atoms with E-state index in [9.17, 15) is 19.5 Å². The van der Waals surface area contributed by atoms with Gasteiger partial charge in [0.15, 0.2) is 4.80 Å². The van der Waals surface area contributed by atoms with E-state index in [2.05, 4.69) is 0 Å². The van der Waals surface area contributed by atoms with E-state index in [4.69, 9.17) is 30.5 Å². The summed E-state index contributed by atoms with van der Waals surface area (Å²) in [5.41, 5.74) is 2.25. The first-order chi connectivity index (χ1) is 21.8.